The second-order valence-electron chi connectivity index (χ2n) is 7.16. The van der Waals surface area contributed by atoms with Gasteiger partial charge >= 0.3 is 0 Å². The maximum absolute atomic E-state index is 12.9. The first-order valence-corrected chi connectivity index (χ1v) is 9.58. The number of hydrogen-bond acceptors (Lipinski definition) is 5. The molecule has 1 aliphatic heterocycles. The molecule has 1 aliphatic rings. The number of aryl methyl sites for hydroxylation is 2. The third-order valence-electron chi connectivity index (χ3n) is 4.79. The van der Waals surface area contributed by atoms with Crippen LogP contribution in [0.3, 0.4) is 0 Å². The Balaban J connectivity index is 1.68. The highest BCUT2D eigenvalue weighted by Gasteiger charge is 2.22. The van der Waals surface area contributed by atoms with E-state index in [0.29, 0.717) is 24.8 Å². The Bertz CT molecular complexity index is 725. The van der Waals surface area contributed by atoms with Crippen molar-refractivity contribution in [2.45, 2.75) is 39.2 Å². The van der Waals surface area contributed by atoms with Crippen LogP contribution in [0.1, 0.15) is 29.8 Å². The highest BCUT2D eigenvalue weighted by atomic mass is 16.5. The number of benzene rings is 1. The second kappa shape index (κ2) is 9.46. The molecule has 0 saturated carbocycles. The van der Waals surface area contributed by atoms with E-state index in [2.05, 4.69) is 20.6 Å². The molecule has 1 aromatic heterocycles. The highest BCUT2D eigenvalue weighted by molar-refractivity contribution is 5.84. The third-order valence-corrected chi connectivity index (χ3v) is 4.79. The van der Waals surface area contributed by atoms with Crippen LogP contribution in [-0.2, 0) is 16.0 Å². The summed E-state index contributed by atoms with van der Waals surface area (Å²) in [6, 6.07) is 11.5. The summed E-state index contributed by atoms with van der Waals surface area (Å²) in [5.41, 5.74) is 2.86. The van der Waals surface area contributed by atoms with Crippen molar-refractivity contribution in [3.8, 4) is 0 Å². The van der Waals surface area contributed by atoms with E-state index in [1.807, 2.05) is 50.2 Å². The average molecular weight is 368 g/mol. The summed E-state index contributed by atoms with van der Waals surface area (Å²) in [4.78, 5) is 21.8. The highest BCUT2D eigenvalue weighted by Crippen LogP contribution is 2.14. The first-order chi connectivity index (χ1) is 13.1. The number of rotatable bonds is 7. The fourth-order valence-electron chi connectivity index (χ4n) is 3.32. The number of anilines is 1. The Labute approximate surface area is 160 Å². The van der Waals surface area contributed by atoms with Gasteiger partial charge in [-0.3, -0.25) is 4.79 Å². The zero-order valence-electron chi connectivity index (χ0n) is 16.1. The maximum Gasteiger partial charge on any atom is 0.242 e. The molecule has 2 N–H and O–H groups in total. The molecular formula is C21H28N4O2. The van der Waals surface area contributed by atoms with Gasteiger partial charge < -0.3 is 15.4 Å². The Kier molecular flexibility index (Phi) is 6.76. The fraction of sp³-hybridized carbons (Fsp3) is 0.476. The molecule has 1 aromatic carbocycles. The van der Waals surface area contributed by atoms with Crippen LogP contribution in [-0.4, -0.2) is 41.7 Å². The molecule has 27 heavy (non-hydrogen) atoms. The molecule has 1 unspecified atom stereocenters. The van der Waals surface area contributed by atoms with Gasteiger partial charge in [-0.1, -0.05) is 30.3 Å². The van der Waals surface area contributed by atoms with Crippen LogP contribution in [0.25, 0.3) is 0 Å². The first kappa shape index (κ1) is 19.3. The molecule has 3 rings (SSSR count). The lowest BCUT2D eigenvalue weighted by molar-refractivity contribution is -0.122. The molecular weight excluding hydrogens is 340 g/mol. The molecule has 1 fully saturated rings. The Morgan fingerprint density at radius 2 is 1.81 bits per heavy atom. The summed E-state index contributed by atoms with van der Waals surface area (Å²) in [5, 5.41) is 6.35. The fourth-order valence-corrected chi connectivity index (χ4v) is 3.32. The number of carbonyl (C=O) groups is 1. The maximum atomic E-state index is 12.9. The minimum Gasteiger partial charge on any atom is -0.381 e. The lowest BCUT2D eigenvalue weighted by Crippen LogP contribution is -2.43. The standard InChI is InChI=1S/C21H28N4O2/c1-15-12-16(2)24-21(23-15)25-19(13-17-6-4-3-5-7-17)20(26)22-14-18-8-10-27-11-9-18/h3-7,12,18-19H,8-11,13-14H2,1-2H3,(H,22,26)(H,23,24,25). The molecule has 0 aliphatic carbocycles. The molecule has 144 valence electrons. The van der Waals surface area contributed by atoms with Crippen LogP contribution in [0.4, 0.5) is 5.95 Å². The second-order valence-corrected chi connectivity index (χ2v) is 7.16. The van der Waals surface area contributed by atoms with Gasteiger partial charge in [-0.05, 0) is 44.2 Å². The zero-order chi connectivity index (χ0) is 19.1. The Morgan fingerprint density at radius 1 is 1.15 bits per heavy atom. The number of hydrogen-bond donors (Lipinski definition) is 2. The van der Waals surface area contributed by atoms with Crippen molar-refractivity contribution >= 4 is 11.9 Å². The van der Waals surface area contributed by atoms with Crippen LogP contribution >= 0.6 is 0 Å². The van der Waals surface area contributed by atoms with Crippen molar-refractivity contribution in [1.29, 1.82) is 0 Å². The van der Waals surface area contributed by atoms with E-state index in [0.717, 1.165) is 43.0 Å². The predicted molar refractivity (Wildman–Crippen MR) is 106 cm³/mol. The number of amides is 1. The molecule has 2 heterocycles. The molecule has 0 bridgehead atoms. The number of ether oxygens (including phenoxy) is 1. The molecule has 1 saturated heterocycles. The van der Waals surface area contributed by atoms with Crippen molar-refractivity contribution < 1.29 is 9.53 Å². The smallest absolute Gasteiger partial charge is 0.242 e. The monoisotopic (exact) mass is 368 g/mol. The van der Waals surface area contributed by atoms with Gasteiger partial charge in [-0.15, -0.1) is 0 Å². The predicted octanol–water partition coefficient (Wildman–Crippen LogP) is 2.66. The number of carbonyl (C=O) groups excluding carboxylic acids is 1. The van der Waals surface area contributed by atoms with Gasteiger partial charge in [0.2, 0.25) is 11.9 Å². The van der Waals surface area contributed by atoms with E-state index in [1.54, 1.807) is 0 Å². The lowest BCUT2D eigenvalue weighted by atomic mass is 10.00. The normalized spacial score (nSPS) is 15.9. The molecule has 2 aromatic rings. The number of nitrogens with zero attached hydrogens (tertiary/aromatic N) is 2. The molecule has 6 heteroatoms. The quantitative estimate of drug-likeness (QED) is 0.786. The zero-order valence-corrected chi connectivity index (χ0v) is 16.1. The summed E-state index contributed by atoms with van der Waals surface area (Å²) in [6.45, 7) is 6.10. The van der Waals surface area contributed by atoms with Crippen molar-refractivity contribution in [1.82, 2.24) is 15.3 Å². The first-order valence-electron chi connectivity index (χ1n) is 9.58. The van der Waals surface area contributed by atoms with Crippen LogP contribution in [0, 0.1) is 19.8 Å². The minimum atomic E-state index is -0.423. The molecule has 6 nitrogen and oxygen atoms in total. The minimum absolute atomic E-state index is 0.0203. The van der Waals surface area contributed by atoms with Crippen LogP contribution < -0.4 is 10.6 Å². The molecule has 1 amide bonds. The number of nitrogens with one attached hydrogen (secondary N) is 2. The van der Waals surface area contributed by atoms with Crippen LogP contribution in [0.5, 0.6) is 0 Å². The Morgan fingerprint density at radius 3 is 2.48 bits per heavy atom. The van der Waals surface area contributed by atoms with Crippen LogP contribution in [0.15, 0.2) is 36.4 Å². The van der Waals surface area contributed by atoms with E-state index >= 15 is 0 Å². The largest absolute Gasteiger partial charge is 0.381 e. The summed E-state index contributed by atoms with van der Waals surface area (Å²) in [6.07, 6.45) is 2.57. The van der Waals surface area contributed by atoms with E-state index < -0.39 is 6.04 Å². The SMILES string of the molecule is Cc1cc(C)nc(NC(Cc2ccccc2)C(=O)NCC2CCOCC2)n1. The van der Waals surface area contributed by atoms with E-state index in [1.165, 1.54) is 0 Å². The van der Waals surface area contributed by atoms with Gasteiger partial charge in [-0.25, -0.2) is 9.97 Å². The molecule has 0 spiro atoms. The average Bonchev–Trinajstić information content (AvgIpc) is 2.66. The summed E-state index contributed by atoms with van der Waals surface area (Å²) in [5.74, 6) is 0.959. The van der Waals surface area contributed by atoms with Gasteiger partial charge in [0.15, 0.2) is 0 Å². The third kappa shape index (κ3) is 6.03. The molecule has 0 radical (unpaired) electrons. The summed E-state index contributed by atoms with van der Waals surface area (Å²) in [7, 11) is 0. The van der Waals surface area contributed by atoms with Gasteiger partial charge in [-0.2, -0.15) is 0 Å². The topological polar surface area (TPSA) is 76.1 Å². The summed E-state index contributed by atoms with van der Waals surface area (Å²) >= 11 is 0. The van der Waals surface area contributed by atoms with E-state index in [4.69, 9.17) is 4.74 Å². The van der Waals surface area contributed by atoms with Gasteiger partial charge in [0.1, 0.15) is 6.04 Å². The summed E-state index contributed by atoms with van der Waals surface area (Å²) < 4.78 is 5.39. The van der Waals surface area contributed by atoms with Crippen molar-refractivity contribution in [3.63, 3.8) is 0 Å². The van der Waals surface area contributed by atoms with E-state index in [-0.39, 0.29) is 5.91 Å². The van der Waals surface area contributed by atoms with Crippen molar-refractivity contribution in [3.05, 3.63) is 53.3 Å². The molecule has 1 atom stereocenters. The van der Waals surface area contributed by atoms with Gasteiger partial charge in [0.05, 0.1) is 0 Å². The van der Waals surface area contributed by atoms with Gasteiger partial charge in [0, 0.05) is 37.6 Å². The van der Waals surface area contributed by atoms with E-state index in [9.17, 15) is 4.79 Å². The van der Waals surface area contributed by atoms with Crippen LogP contribution in [0.2, 0.25) is 0 Å². The van der Waals surface area contributed by atoms with Crippen molar-refractivity contribution in [2.24, 2.45) is 5.92 Å². The lowest BCUT2D eigenvalue weighted by Gasteiger charge is -2.24. The number of aromatic nitrogens is 2. The Hall–Kier alpha value is -2.47. The van der Waals surface area contributed by atoms with Gasteiger partial charge in [0.25, 0.3) is 0 Å². The van der Waals surface area contributed by atoms with Crippen molar-refractivity contribution in [2.75, 3.05) is 25.1 Å².